The molecule has 0 bridgehead atoms. The maximum absolute atomic E-state index is 13.0. The van der Waals surface area contributed by atoms with Crippen molar-refractivity contribution in [2.45, 2.75) is 32.1 Å². The zero-order valence-corrected chi connectivity index (χ0v) is 17.2. The van der Waals surface area contributed by atoms with E-state index >= 15 is 0 Å². The smallest absolute Gasteiger partial charge is 0.343 e. The summed E-state index contributed by atoms with van der Waals surface area (Å²) in [7, 11) is 0. The van der Waals surface area contributed by atoms with Crippen LogP contribution in [0.5, 0.6) is 5.75 Å². The lowest BCUT2D eigenvalue weighted by Gasteiger charge is -2.33. The molecule has 1 N–H and O–H groups in total. The van der Waals surface area contributed by atoms with Crippen LogP contribution < -0.4 is 5.63 Å². The van der Waals surface area contributed by atoms with Crippen molar-refractivity contribution in [3.63, 3.8) is 0 Å². The van der Waals surface area contributed by atoms with Crippen molar-refractivity contribution < 1.29 is 14.3 Å². The molecule has 3 aromatic rings. The quantitative estimate of drug-likeness (QED) is 0.619. The molecule has 1 saturated heterocycles. The Morgan fingerprint density at radius 2 is 1.70 bits per heavy atom. The van der Waals surface area contributed by atoms with E-state index in [2.05, 4.69) is 4.90 Å². The number of benzene rings is 2. The van der Waals surface area contributed by atoms with Crippen LogP contribution in [0.3, 0.4) is 0 Å². The van der Waals surface area contributed by atoms with E-state index in [9.17, 15) is 14.7 Å². The van der Waals surface area contributed by atoms with Crippen LogP contribution in [0, 0.1) is 5.92 Å². The van der Waals surface area contributed by atoms with Gasteiger partial charge in [-0.1, -0.05) is 48.9 Å². The molecule has 2 atom stereocenters. The van der Waals surface area contributed by atoms with Gasteiger partial charge in [-0.25, -0.2) is 4.79 Å². The number of rotatable bonds is 6. The number of Topliss-reactive ketones (excluding diaryl/α,β-unsaturated/α-hetero) is 1. The third-order valence-electron chi connectivity index (χ3n) is 6.12. The summed E-state index contributed by atoms with van der Waals surface area (Å²) in [5.74, 6) is -1.13. The SMILES string of the molecule is CC(=O)[C@H](CN1CCCCC1)[C@@H](c1ccccc1)c1c(O)c2ccccc2oc1=O. The van der Waals surface area contributed by atoms with Gasteiger partial charge in [0.15, 0.2) is 0 Å². The van der Waals surface area contributed by atoms with Gasteiger partial charge >= 0.3 is 5.63 Å². The van der Waals surface area contributed by atoms with E-state index in [0.717, 1.165) is 31.5 Å². The molecule has 0 saturated carbocycles. The van der Waals surface area contributed by atoms with Crippen LogP contribution >= 0.6 is 0 Å². The highest BCUT2D eigenvalue weighted by atomic mass is 16.4. The van der Waals surface area contributed by atoms with Crippen molar-refractivity contribution in [2.75, 3.05) is 19.6 Å². The summed E-state index contributed by atoms with van der Waals surface area (Å²) in [6.45, 7) is 4.03. The van der Waals surface area contributed by atoms with Crippen molar-refractivity contribution in [1.29, 1.82) is 0 Å². The first-order valence-electron chi connectivity index (χ1n) is 10.6. The number of carbonyl (C=O) groups is 1. The third kappa shape index (κ3) is 4.03. The number of nitrogens with zero attached hydrogens (tertiary/aromatic N) is 1. The van der Waals surface area contributed by atoms with E-state index in [-0.39, 0.29) is 17.1 Å². The van der Waals surface area contributed by atoms with Crippen LogP contribution in [0.1, 0.15) is 43.2 Å². The number of para-hydroxylation sites is 1. The van der Waals surface area contributed by atoms with Crippen LogP contribution in [0.2, 0.25) is 0 Å². The Morgan fingerprint density at radius 1 is 1.03 bits per heavy atom. The van der Waals surface area contributed by atoms with Gasteiger partial charge in [0, 0.05) is 18.4 Å². The average Bonchev–Trinajstić information content (AvgIpc) is 2.76. The first-order chi connectivity index (χ1) is 14.6. The summed E-state index contributed by atoms with van der Waals surface area (Å²) in [4.78, 5) is 28.2. The molecule has 156 valence electrons. The Labute approximate surface area is 175 Å². The Kier molecular flexibility index (Phi) is 6.00. The van der Waals surface area contributed by atoms with Gasteiger partial charge in [-0.2, -0.15) is 0 Å². The minimum Gasteiger partial charge on any atom is -0.507 e. The zero-order valence-electron chi connectivity index (χ0n) is 17.2. The monoisotopic (exact) mass is 405 g/mol. The van der Waals surface area contributed by atoms with Gasteiger partial charge in [-0.3, -0.25) is 4.79 Å². The second-order valence-corrected chi connectivity index (χ2v) is 8.11. The molecule has 1 aromatic heterocycles. The van der Waals surface area contributed by atoms with Gasteiger partial charge in [0.1, 0.15) is 17.1 Å². The average molecular weight is 405 g/mol. The van der Waals surface area contributed by atoms with E-state index in [0.29, 0.717) is 17.5 Å². The predicted octanol–water partition coefficient (Wildman–Crippen LogP) is 4.32. The fourth-order valence-electron chi connectivity index (χ4n) is 4.57. The minimum atomic E-state index is -0.593. The number of hydrogen-bond donors (Lipinski definition) is 1. The molecule has 2 heterocycles. The summed E-state index contributed by atoms with van der Waals surface area (Å²) < 4.78 is 5.56. The van der Waals surface area contributed by atoms with Gasteiger partial charge < -0.3 is 14.4 Å². The fourth-order valence-corrected chi connectivity index (χ4v) is 4.57. The minimum absolute atomic E-state index is 0.00128. The molecule has 0 amide bonds. The standard InChI is InChI=1S/C25H27NO4/c1-17(27)20(16-26-14-8-3-9-15-26)22(18-10-4-2-5-11-18)23-24(28)19-12-6-7-13-21(19)30-25(23)29/h2,4-7,10-13,20,22,28H,3,8-9,14-16H2,1H3/t20-,22+/m0/s1. The van der Waals surface area contributed by atoms with Gasteiger partial charge in [0.2, 0.25) is 0 Å². The van der Waals surface area contributed by atoms with Crippen molar-refractivity contribution in [2.24, 2.45) is 5.92 Å². The number of ketones is 1. The summed E-state index contributed by atoms with van der Waals surface area (Å²) >= 11 is 0. The van der Waals surface area contributed by atoms with E-state index in [1.54, 1.807) is 31.2 Å². The summed E-state index contributed by atoms with van der Waals surface area (Å²) in [5, 5.41) is 11.6. The molecule has 5 heteroatoms. The predicted molar refractivity (Wildman–Crippen MR) is 117 cm³/mol. The molecular formula is C25H27NO4. The lowest BCUT2D eigenvalue weighted by Crippen LogP contribution is -2.39. The Bertz CT molecular complexity index is 1080. The largest absolute Gasteiger partial charge is 0.507 e. The molecule has 0 unspecified atom stereocenters. The highest BCUT2D eigenvalue weighted by Crippen LogP contribution is 2.39. The highest BCUT2D eigenvalue weighted by Gasteiger charge is 2.35. The number of carbonyl (C=O) groups excluding carboxylic acids is 1. The number of hydrogen-bond acceptors (Lipinski definition) is 5. The normalized spacial score (nSPS) is 17.0. The molecule has 5 nitrogen and oxygen atoms in total. The van der Waals surface area contributed by atoms with Crippen LogP contribution in [-0.2, 0) is 4.79 Å². The van der Waals surface area contributed by atoms with Crippen LogP contribution in [0.4, 0.5) is 0 Å². The lowest BCUT2D eigenvalue weighted by atomic mass is 9.78. The van der Waals surface area contributed by atoms with Crippen LogP contribution in [-0.4, -0.2) is 35.4 Å². The summed E-state index contributed by atoms with van der Waals surface area (Å²) in [6.07, 6.45) is 3.44. The Morgan fingerprint density at radius 3 is 2.40 bits per heavy atom. The molecule has 2 aromatic carbocycles. The van der Waals surface area contributed by atoms with Crippen molar-refractivity contribution in [3.8, 4) is 5.75 Å². The fraction of sp³-hybridized carbons (Fsp3) is 0.360. The van der Waals surface area contributed by atoms with Crippen molar-refractivity contribution in [1.82, 2.24) is 4.90 Å². The highest BCUT2D eigenvalue weighted by molar-refractivity contribution is 5.86. The molecule has 0 radical (unpaired) electrons. The zero-order chi connectivity index (χ0) is 21.1. The molecule has 1 aliphatic heterocycles. The van der Waals surface area contributed by atoms with E-state index in [1.165, 1.54) is 6.42 Å². The van der Waals surface area contributed by atoms with Crippen LogP contribution in [0.15, 0.2) is 63.8 Å². The van der Waals surface area contributed by atoms with E-state index in [4.69, 9.17) is 4.42 Å². The summed E-state index contributed by atoms with van der Waals surface area (Å²) in [5.41, 5.74) is 0.737. The molecule has 30 heavy (non-hydrogen) atoms. The number of aromatic hydroxyl groups is 1. The van der Waals surface area contributed by atoms with Crippen LogP contribution in [0.25, 0.3) is 11.0 Å². The number of fused-ring (bicyclic) bond motifs is 1. The Hall–Kier alpha value is -2.92. The van der Waals surface area contributed by atoms with Gasteiger partial charge in [-0.15, -0.1) is 0 Å². The van der Waals surface area contributed by atoms with Gasteiger partial charge in [0.05, 0.1) is 10.9 Å². The molecule has 0 spiro atoms. The second kappa shape index (κ2) is 8.84. The first-order valence-corrected chi connectivity index (χ1v) is 10.6. The van der Waals surface area contributed by atoms with E-state index in [1.807, 2.05) is 30.3 Å². The van der Waals surface area contributed by atoms with Gasteiger partial charge in [-0.05, 0) is 50.6 Å². The maximum atomic E-state index is 13.0. The summed E-state index contributed by atoms with van der Waals surface area (Å²) in [6, 6.07) is 16.4. The number of piperidine rings is 1. The molecule has 4 rings (SSSR count). The Balaban J connectivity index is 1.87. The molecule has 1 fully saturated rings. The third-order valence-corrected chi connectivity index (χ3v) is 6.12. The lowest BCUT2D eigenvalue weighted by molar-refractivity contribution is -0.121. The molecule has 1 aliphatic rings. The second-order valence-electron chi connectivity index (χ2n) is 8.11. The first kappa shape index (κ1) is 20.4. The van der Waals surface area contributed by atoms with Gasteiger partial charge in [0.25, 0.3) is 0 Å². The molecular weight excluding hydrogens is 378 g/mol. The van der Waals surface area contributed by atoms with Crippen molar-refractivity contribution in [3.05, 3.63) is 76.1 Å². The number of likely N-dealkylation sites (tertiary alicyclic amines) is 1. The topological polar surface area (TPSA) is 70.8 Å². The van der Waals surface area contributed by atoms with Crippen molar-refractivity contribution >= 4 is 16.8 Å². The maximum Gasteiger partial charge on any atom is 0.343 e. The molecule has 0 aliphatic carbocycles. The van der Waals surface area contributed by atoms with E-state index < -0.39 is 17.5 Å².